The molecule has 4 aromatic rings. The molecule has 0 aliphatic carbocycles. The van der Waals surface area contributed by atoms with Gasteiger partial charge in [-0.1, -0.05) is 78.9 Å². The lowest BCUT2D eigenvalue weighted by Gasteiger charge is -2.34. The van der Waals surface area contributed by atoms with Crippen LogP contribution < -0.4 is 4.72 Å². The van der Waals surface area contributed by atoms with Crippen molar-refractivity contribution >= 4 is 36.7 Å². The van der Waals surface area contributed by atoms with Crippen LogP contribution >= 0.6 is 0 Å². The van der Waals surface area contributed by atoms with Crippen molar-refractivity contribution in [3.63, 3.8) is 0 Å². The summed E-state index contributed by atoms with van der Waals surface area (Å²) in [6.45, 7) is 2.57. The van der Waals surface area contributed by atoms with E-state index in [4.69, 9.17) is 0 Å². The quantitative estimate of drug-likeness (QED) is 0.351. The smallest absolute Gasteiger partial charge is 0.264 e. The topological polar surface area (TPSA) is 104 Å². The molecular formula is C29H29N3O5S2. The second-order valence-corrected chi connectivity index (χ2v) is 13.2. The van der Waals surface area contributed by atoms with Crippen molar-refractivity contribution in [1.29, 1.82) is 0 Å². The van der Waals surface area contributed by atoms with Crippen molar-refractivity contribution < 1.29 is 21.6 Å². The zero-order valence-corrected chi connectivity index (χ0v) is 22.9. The van der Waals surface area contributed by atoms with E-state index in [9.17, 15) is 21.6 Å². The average Bonchev–Trinajstić information content (AvgIpc) is 2.93. The van der Waals surface area contributed by atoms with Crippen molar-refractivity contribution in [3.8, 4) is 0 Å². The molecular weight excluding hydrogens is 534 g/mol. The Morgan fingerprint density at radius 2 is 1.38 bits per heavy atom. The molecule has 1 aliphatic rings. The van der Waals surface area contributed by atoms with Crippen LogP contribution in [0.3, 0.4) is 0 Å². The van der Waals surface area contributed by atoms with Gasteiger partial charge in [0.05, 0.1) is 10.6 Å². The highest BCUT2D eigenvalue weighted by molar-refractivity contribution is 7.89. The third-order valence-corrected chi connectivity index (χ3v) is 9.84. The van der Waals surface area contributed by atoms with Crippen LogP contribution in [-0.4, -0.2) is 58.1 Å². The first kappa shape index (κ1) is 27.0. The van der Waals surface area contributed by atoms with Crippen molar-refractivity contribution in [2.24, 2.45) is 0 Å². The van der Waals surface area contributed by atoms with E-state index in [1.807, 2.05) is 60.7 Å². The van der Waals surface area contributed by atoms with Gasteiger partial charge in [0, 0.05) is 38.3 Å². The molecule has 1 N–H and O–H groups in total. The highest BCUT2D eigenvalue weighted by atomic mass is 32.2. The van der Waals surface area contributed by atoms with E-state index in [0.717, 1.165) is 17.3 Å². The third-order valence-electron chi connectivity index (χ3n) is 6.73. The second-order valence-electron chi connectivity index (χ2n) is 9.57. The van der Waals surface area contributed by atoms with E-state index in [-0.39, 0.29) is 16.2 Å². The van der Waals surface area contributed by atoms with E-state index in [1.165, 1.54) is 34.1 Å². The number of nitrogens with one attached hydrogen (secondary N) is 1. The monoisotopic (exact) mass is 563 g/mol. The maximum absolute atomic E-state index is 13.3. The van der Waals surface area contributed by atoms with Crippen LogP contribution in [0.1, 0.15) is 21.5 Å². The molecule has 0 bridgehead atoms. The molecule has 0 atom stereocenters. The zero-order chi connectivity index (χ0) is 27.5. The summed E-state index contributed by atoms with van der Waals surface area (Å²) in [6.07, 6.45) is 0. The number of sulfonamides is 2. The Hall–Kier alpha value is -3.57. The first-order valence-corrected chi connectivity index (χ1v) is 15.7. The van der Waals surface area contributed by atoms with Gasteiger partial charge in [0.1, 0.15) is 0 Å². The summed E-state index contributed by atoms with van der Waals surface area (Å²) in [5.74, 6) is -1.25. The number of nitrogens with zero attached hydrogens (tertiary/aromatic N) is 2. The van der Waals surface area contributed by atoms with Gasteiger partial charge in [-0.2, -0.15) is 4.31 Å². The number of rotatable bonds is 8. The average molecular weight is 564 g/mol. The lowest BCUT2D eigenvalue weighted by molar-refractivity contribution is 0.0981. The van der Waals surface area contributed by atoms with Gasteiger partial charge in [0.15, 0.2) is 0 Å². The molecule has 0 radical (unpaired) electrons. The molecule has 10 heteroatoms. The number of hydrogen-bond donors (Lipinski definition) is 1. The fourth-order valence-corrected chi connectivity index (χ4v) is 7.26. The fourth-order valence-electron chi connectivity index (χ4n) is 4.70. The summed E-state index contributed by atoms with van der Waals surface area (Å²) in [4.78, 5) is 15.0. The Kier molecular flexibility index (Phi) is 7.81. The first-order valence-electron chi connectivity index (χ1n) is 12.6. The molecule has 202 valence electrons. The SMILES string of the molecule is O=C(NS(=O)(=O)Cc1ccc2ccccc2c1)c1cccc(S(=O)(=O)N2CCN(Cc3ccccc3)CC2)c1. The number of amides is 1. The minimum atomic E-state index is -4.02. The van der Waals surface area contributed by atoms with E-state index in [2.05, 4.69) is 9.62 Å². The normalized spacial score (nSPS) is 15.3. The van der Waals surface area contributed by atoms with E-state index in [1.54, 1.807) is 12.1 Å². The number of hydrogen-bond acceptors (Lipinski definition) is 6. The molecule has 0 spiro atoms. The van der Waals surface area contributed by atoms with Gasteiger partial charge >= 0.3 is 0 Å². The van der Waals surface area contributed by atoms with Crippen LogP contribution in [0.5, 0.6) is 0 Å². The number of carbonyl (C=O) groups excluding carboxylic acids is 1. The third kappa shape index (κ3) is 6.54. The van der Waals surface area contributed by atoms with Crippen LogP contribution in [0.25, 0.3) is 10.8 Å². The summed E-state index contributed by atoms with van der Waals surface area (Å²) in [7, 11) is -7.87. The molecule has 1 saturated heterocycles. The molecule has 1 aliphatic heterocycles. The molecule has 0 unspecified atom stereocenters. The van der Waals surface area contributed by atoms with Gasteiger partial charge in [0.2, 0.25) is 20.0 Å². The largest absolute Gasteiger partial charge is 0.296 e. The fraction of sp³-hybridized carbons (Fsp3) is 0.207. The van der Waals surface area contributed by atoms with Crippen molar-refractivity contribution in [1.82, 2.24) is 13.9 Å². The van der Waals surface area contributed by atoms with Crippen LogP contribution in [-0.2, 0) is 32.3 Å². The van der Waals surface area contributed by atoms with E-state index < -0.39 is 26.0 Å². The molecule has 0 aromatic heterocycles. The summed E-state index contributed by atoms with van der Waals surface area (Å²) < 4.78 is 55.6. The van der Waals surface area contributed by atoms with Gasteiger partial charge in [-0.05, 0) is 40.1 Å². The standard InChI is InChI=1S/C29H29N3O5S2/c33-29(30-38(34,35)22-24-13-14-25-9-4-5-10-26(25)19-24)27-11-6-12-28(20-27)39(36,37)32-17-15-31(16-18-32)21-23-7-2-1-3-8-23/h1-14,19-20H,15-18,21-22H2,(H,30,33). The number of fused-ring (bicyclic) bond motifs is 1. The predicted octanol–water partition coefficient (Wildman–Crippen LogP) is 3.61. The van der Waals surface area contributed by atoms with Gasteiger partial charge in [-0.3, -0.25) is 9.69 Å². The van der Waals surface area contributed by atoms with Crippen LogP contribution in [0, 0.1) is 0 Å². The lowest BCUT2D eigenvalue weighted by Crippen LogP contribution is -2.48. The molecule has 1 heterocycles. The van der Waals surface area contributed by atoms with Crippen molar-refractivity contribution in [3.05, 3.63) is 114 Å². The summed E-state index contributed by atoms with van der Waals surface area (Å²) in [6, 6.07) is 28.4. The maximum atomic E-state index is 13.3. The number of benzene rings is 4. The molecule has 1 amide bonds. The Morgan fingerprint density at radius 1 is 0.692 bits per heavy atom. The first-order chi connectivity index (χ1) is 18.7. The van der Waals surface area contributed by atoms with E-state index >= 15 is 0 Å². The maximum Gasteiger partial charge on any atom is 0.264 e. The summed E-state index contributed by atoms with van der Waals surface area (Å²) in [5, 5.41) is 1.88. The highest BCUT2D eigenvalue weighted by Gasteiger charge is 2.29. The molecule has 1 fully saturated rings. The molecule has 8 nitrogen and oxygen atoms in total. The molecule has 5 rings (SSSR count). The predicted molar refractivity (Wildman–Crippen MR) is 151 cm³/mol. The van der Waals surface area contributed by atoms with Crippen molar-refractivity contribution in [2.45, 2.75) is 17.2 Å². The second kappa shape index (κ2) is 11.3. The highest BCUT2D eigenvalue weighted by Crippen LogP contribution is 2.21. The molecule has 4 aromatic carbocycles. The minimum absolute atomic E-state index is 0.0409. The van der Waals surface area contributed by atoms with Gasteiger partial charge < -0.3 is 0 Å². The Balaban J connectivity index is 1.23. The zero-order valence-electron chi connectivity index (χ0n) is 21.2. The Morgan fingerprint density at radius 3 is 2.13 bits per heavy atom. The summed E-state index contributed by atoms with van der Waals surface area (Å²) in [5.41, 5.74) is 1.67. The number of piperazine rings is 1. The van der Waals surface area contributed by atoms with E-state index in [0.29, 0.717) is 31.7 Å². The van der Waals surface area contributed by atoms with Gasteiger partial charge in [-0.25, -0.2) is 21.6 Å². The lowest BCUT2D eigenvalue weighted by atomic mass is 10.1. The Bertz CT molecular complexity index is 1700. The van der Waals surface area contributed by atoms with Gasteiger partial charge in [0.25, 0.3) is 5.91 Å². The van der Waals surface area contributed by atoms with Gasteiger partial charge in [-0.15, -0.1) is 0 Å². The molecule has 0 saturated carbocycles. The minimum Gasteiger partial charge on any atom is -0.296 e. The van der Waals surface area contributed by atoms with Crippen LogP contribution in [0.2, 0.25) is 0 Å². The van der Waals surface area contributed by atoms with Crippen molar-refractivity contribution in [2.75, 3.05) is 26.2 Å². The molecule has 39 heavy (non-hydrogen) atoms. The van der Waals surface area contributed by atoms with Crippen LogP contribution in [0.15, 0.2) is 102 Å². The summed E-state index contributed by atoms with van der Waals surface area (Å²) >= 11 is 0. The number of carbonyl (C=O) groups is 1. The Labute approximate surface area is 229 Å². The van der Waals surface area contributed by atoms with Crippen LogP contribution in [0.4, 0.5) is 0 Å².